The first kappa shape index (κ1) is 20.6. The Morgan fingerprint density at radius 2 is 1.79 bits per heavy atom. The molecule has 0 aliphatic carbocycles. The first-order chi connectivity index (χ1) is 16.1. The van der Waals surface area contributed by atoms with Gasteiger partial charge in [-0.05, 0) is 48.0 Å². The van der Waals surface area contributed by atoms with Crippen molar-refractivity contribution in [3.63, 3.8) is 0 Å². The Balaban J connectivity index is 1.68. The zero-order valence-electron chi connectivity index (χ0n) is 17.9. The number of carbonyl (C=O) groups is 2. The first-order valence-electron chi connectivity index (χ1n) is 10.6. The standard InChI is InChI=1S/C27H21NO5/c1-2-32-21-10-5-9-20(16-21)28-24(22-11-6-14-33-22)23(26(30)27(28)31)25(29)19-13-12-17-7-3-4-8-18(17)15-19/h3-16,24,29H,2H2,1H3/b25-23-. The molecule has 1 amide bonds. The Morgan fingerprint density at radius 3 is 2.55 bits per heavy atom. The quantitative estimate of drug-likeness (QED) is 0.254. The second kappa shape index (κ2) is 8.31. The second-order valence-electron chi connectivity index (χ2n) is 7.68. The first-order valence-corrected chi connectivity index (χ1v) is 10.6. The van der Waals surface area contributed by atoms with Crippen LogP contribution in [0, 0.1) is 0 Å². The van der Waals surface area contributed by atoms with Crippen LogP contribution in [0.4, 0.5) is 5.69 Å². The van der Waals surface area contributed by atoms with Crippen LogP contribution in [0.1, 0.15) is 24.3 Å². The van der Waals surface area contributed by atoms with Crippen LogP contribution in [0.5, 0.6) is 5.75 Å². The second-order valence-corrected chi connectivity index (χ2v) is 7.68. The Labute approximate surface area is 190 Å². The number of rotatable bonds is 5. The van der Waals surface area contributed by atoms with E-state index in [1.165, 1.54) is 11.2 Å². The van der Waals surface area contributed by atoms with Crippen molar-refractivity contribution >= 4 is 33.9 Å². The van der Waals surface area contributed by atoms with Crippen LogP contribution >= 0.6 is 0 Å². The van der Waals surface area contributed by atoms with Gasteiger partial charge in [-0.1, -0.05) is 42.5 Å². The number of fused-ring (bicyclic) bond motifs is 1. The van der Waals surface area contributed by atoms with Gasteiger partial charge in [-0.2, -0.15) is 0 Å². The van der Waals surface area contributed by atoms with Crippen molar-refractivity contribution in [1.82, 2.24) is 0 Å². The molecule has 1 unspecified atom stereocenters. The molecule has 4 aromatic rings. The van der Waals surface area contributed by atoms with Crippen molar-refractivity contribution in [1.29, 1.82) is 0 Å². The predicted molar refractivity (Wildman–Crippen MR) is 125 cm³/mol. The number of aliphatic hydroxyl groups excluding tert-OH is 1. The molecule has 164 valence electrons. The monoisotopic (exact) mass is 439 g/mol. The van der Waals surface area contributed by atoms with Gasteiger partial charge in [0.1, 0.15) is 23.3 Å². The number of benzene rings is 3. The van der Waals surface area contributed by atoms with Gasteiger partial charge in [0.15, 0.2) is 0 Å². The summed E-state index contributed by atoms with van der Waals surface area (Å²) in [6.07, 6.45) is 1.47. The number of amides is 1. The third-order valence-corrected chi connectivity index (χ3v) is 5.69. The molecule has 0 bridgehead atoms. The number of furan rings is 1. The lowest BCUT2D eigenvalue weighted by Gasteiger charge is -2.23. The molecule has 2 heterocycles. The Morgan fingerprint density at radius 1 is 0.970 bits per heavy atom. The molecule has 1 N–H and O–H groups in total. The van der Waals surface area contributed by atoms with E-state index in [2.05, 4.69) is 0 Å². The number of anilines is 1. The molecule has 33 heavy (non-hydrogen) atoms. The number of nitrogens with zero attached hydrogens (tertiary/aromatic N) is 1. The van der Waals surface area contributed by atoms with E-state index in [9.17, 15) is 14.7 Å². The van der Waals surface area contributed by atoms with E-state index in [1.807, 2.05) is 37.3 Å². The molecule has 0 saturated carbocycles. The van der Waals surface area contributed by atoms with E-state index in [1.54, 1.807) is 48.5 Å². The zero-order valence-corrected chi connectivity index (χ0v) is 17.9. The van der Waals surface area contributed by atoms with Crippen molar-refractivity contribution in [3.8, 4) is 5.75 Å². The number of hydrogen-bond donors (Lipinski definition) is 1. The fraction of sp³-hybridized carbons (Fsp3) is 0.111. The summed E-state index contributed by atoms with van der Waals surface area (Å²) in [5.41, 5.74) is 0.903. The highest BCUT2D eigenvalue weighted by molar-refractivity contribution is 6.51. The molecule has 3 aromatic carbocycles. The van der Waals surface area contributed by atoms with Gasteiger partial charge in [0.05, 0.1) is 18.4 Å². The minimum atomic E-state index is -0.914. The van der Waals surface area contributed by atoms with Gasteiger partial charge in [-0.15, -0.1) is 0 Å². The average Bonchev–Trinajstić information content (AvgIpc) is 3.46. The lowest BCUT2D eigenvalue weighted by atomic mass is 9.97. The fourth-order valence-corrected chi connectivity index (χ4v) is 4.20. The predicted octanol–water partition coefficient (Wildman–Crippen LogP) is 5.46. The maximum atomic E-state index is 13.2. The lowest BCUT2D eigenvalue weighted by Crippen LogP contribution is -2.29. The number of aliphatic hydroxyl groups is 1. The maximum Gasteiger partial charge on any atom is 0.300 e. The minimum Gasteiger partial charge on any atom is -0.507 e. The van der Waals surface area contributed by atoms with E-state index < -0.39 is 17.7 Å². The summed E-state index contributed by atoms with van der Waals surface area (Å²) in [5, 5.41) is 13.2. The summed E-state index contributed by atoms with van der Waals surface area (Å²) in [6, 6.07) is 22.5. The summed E-state index contributed by atoms with van der Waals surface area (Å²) in [4.78, 5) is 27.7. The Hall–Kier alpha value is -4.32. The van der Waals surface area contributed by atoms with Crippen LogP contribution in [0.25, 0.3) is 16.5 Å². The van der Waals surface area contributed by atoms with Crippen LogP contribution in [0.15, 0.2) is 95.1 Å². The van der Waals surface area contributed by atoms with Gasteiger partial charge >= 0.3 is 0 Å². The summed E-state index contributed by atoms with van der Waals surface area (Å²) in [5.74, 6) is -0.816. The van der Waals surface area contributed by atoms with Gasteiger partial charge in [-0.3, -0.25) is 14.5 Å². The van der Waals surface area contributed by atoms with E-state index in [4.69, 9.17) is 9.15 Å². The van der Waals surface area contributed by atoms with Crippen molar-refractivity contribution in [3.05, 3.63) is 102 Å². The number of hydrogen-bond acceptors (Lipinski definition) is 5. The SMILES string of the molecule is CCOc1cccc(N2C(=O)C(=O)/C(=C(\O)c3ccc4ccccc4c3)C2c2ccco2)c1. The Kier molecular flexibility index (Phi) is 5.18. The largest absolute Gasteiger partial charge is 0.507 e. The highest BCUT2D eigenvalue weighted by Gasteiger charge is 2.48. The summed E-state index contributed by atoms with van der Waals surface area (Å²) >= 11 is 0. The van der Waals surface area contributed by atoms with Gasteiger partial charge in [0, 0.05) is 17.3 Å². The molecule has 1 aliphatic heterocycles. The smallest absolute Gasteiger partial charge is 0.300 e. The fourth-order valence-electron chi connectivity index (χ4n) is 4.20. The van der Waals surface area contributed by atoms with Gasteiger partial charge in [-0.25, -0.2) is 0 Å². The normalized spacial score (nSPS) is 17.6. The average molecular weight is 439 g/mol. The van der Waals surface area contributed by atoms with E-state index in [-0.39, 0.29) is 11.3 Å². The molecule has 5 rings (SSSR count). The molecule has 6 nitrogen and oxygen atoms in total. The van der Waals surface area contributed by atoms with Crippen LogP contribution in [-0.4, -0.2) is 23.4 Å². The highest BCUT2D eigenvalue weighted by Crippen LogP contribution is 2.43. The molecule has 0 radical (unpaired) electrons. The topological polar surface area (TPSA) is 80.0 Å². The van der Waals surface area contributed by atoms with Gasteiger partial charge < -0.3 is 14.3 Å². The van der Waals surface area contributed by atoms with Crippen LogP contribution in [0.2, 0.25) is 0 Å². The molecule has 1 aliphatic rings. The minimum absolute atomic E-state index is 0.0213. The summed E-state index contributed by atoms with van der Waals surface area (Å²) in [6.45, 7) is 2.33. The van der Waals surface area contributed by atoms with E-state index in [0.29, 0.717) is 29.4 Å². The third-order valence-electron chi connectivity index (χ3n) is 5.69. The number of carbonyl (C=O) groups excluding carboxylic acids is 2. The summed E-state index contributed by atoms with van der Waals surface area (Å²) < 4.78 is 11.2. The zero-order chi connectivity index (χ0) is 22.9. The van der Waals surface area contributed by atoms with Gasteiger partial charge in [0.2, 0.25) is 0 Å². The maximum absolute atomic E-state index is 13.2. The van der Waals surface area contributed by atoms with Crippen molar-refractivity contribution < 1.29 is 23.8 Å². The van der Waals surface area contributed by atoms with Crippen LogP contribution in [0.3, 0.4) is 0 Å². The molecule has 0 spiro atoms. The molecular weight excluding hydrogens is 418 g/mol. The van der Waals surface area contributed by atoms with Crippen molar-refractivity contribution in [2.24, 2.45) is 0 Å². The highest BCUT2D eigenvalue weighted by atomic mass is 16.5. The van der Waals surface area contributed by atoms with E-state index >= 15 is 0 Å². The summed E-state index contributed by atoms with van der Waals surface area (Å²) in [7, 11) is 0. The van der Waals surface area contributed by atoms with Crippen molar-refractivity contribution in [2.75, 3.05) is 11.5 Å². The van der Waals surface area contributed by atoms with Gasteiger partial charge in [0.25, 0.3) is 11.7 Å². The Bertz CT molecular complexity index is 1390. The third kappa shape index (κ3) is 3.55. The number of ether oxygens (including phenoxy) is 1. The van der Waals surface area contributed by atoms with Crippen LogP contribution in [-0.2, 0) is 9.59 Å². The molecule has 1 fully saturated rings. The molecule has 6 heteroatoms. The van der Waals surface area contributed by atoms with Crippen molar-refractivity contribution in [2.45, 2.75) is 13.0 Å². The van der Waals surface area contributed by atoms with Crippen LogP contribution < -0.4 is 9.64 Å². The molecule has 1 saturated heterocycles. The van der Waals surface area contributed by atoms with E-state index in [0.717, 1.165) is 10.8 Å². The molecule has 1 aromatic heterocycles. The number of Topliss-reactive ketones (excluding diaryl/α,β-unsaturated/α-hetero) is 1. The molecule has 1 atom stereocenters. The lowest BCUT2D eigenvalue weighted by molar-refractivity contribution is -0.132. The number of ketones is 1. The molecular formula is C27H21NO5.